The zero-order valence-electron chi connectivity index (χ0n) is 20.1. The van der Waals surface area contributed by atoms with Crippen molar-refractivity contribution in [1.29, 1.82) is 0 Å². The molecule has 0 unspecified atom stereocenters. The molecule has 2 aliphatic rings. The average Bonchev–Trinajstić information content (AvgIpc) is 2.94. The van der Waals surface area contributed by atoms with Crippen LogP contribution < -0.4 is 25.8 Å². The molecular formula is C26H30N8O2. The number of nitrogens with one attached hydrogen (secondary N) is 1. The normalized spacial score (nSPS) is 16.1. The lowest BCUT2D eigenvalue weighted by molar-refractivity contribution is -0.111. The molecule has 2 saturated heterocycles. The van der Waals surface area contributed by atoms with Gasteiger partial charge in [0, 0.05) is 80.4 Å². The van der Waals surface area contributed by atoms with Crippen LogP contribution in [0.3, 0.4) is 0 Å². The molecule has 1 amide bonds. The van der Waals surface area contributed by atoms with E-state index in [4.69, 9.17) is 15.5 Å². The quantitative estimate of drug-likeness (QED) is 0.507. The minimum Gasteiger partial charge on any atom is -0.378 e. The molecule has 10 nitrogen and oxygen atoms in total. The molecule has 0 radical (unpaired) electrons. The summed E-state index contributed by atoms with van der Waals surface area (Å²) in [5.41, 5.74) is 10.3. The second-order valence-electron chi connectivity index (χ2n) is 8.72. The van der Waals surface area contributed by atoms with E-state index in [0.717, 1.165) is 73.4 Å². The van der Waals surface area contributed by atoms with Crippen molar-refractivity contribution in [3.63, 3.8) is 0 Å². The Morgan fingerprint density at radius 2 is 1.64 bits per heavy atom. The second kappa shape index (κ2) is 10.6. The first-order valence-electron chi connectivity index (χ1n) is 12.0. The number of aromatic nitrogens is 3. The van der Waals surface area contributed by atoms with Crippen molar-refractivity contribution in [1.82, 2.24) is 15.0 Å². The van der Waals surface area contributed by atoms with E-state index < -0.39 is 0 Å². The van der Waals surface area contributed by atoms with E-state index in [9.17, 15) is 4.79 Å². The number of piperazine rings is 1. The van der Waals surface area contributed by atoms with Crippen LogP contribution in [0.15, 0.2) is 61.4 Å². The summed E-state index contributed by atoms with van der Waals surface area (Å²) in [6.45, 7) is 9.93. The van der Waals surface area contributed by atoms with Crippen molar-refractivity contribution in [2.45, 2.75) is 0 Å². The Morgan fingerprint density at radius 1 is 0.944 bits per heavy atom. The Hall–Kier alpha value is -4.18. The van der Waals surface area contributed by atoms with E-state index in [2.05, 4.69) is 54.8 Å². The minimum atomic E-state index is -0.215. The van der Waals surface area contributed by atoms with Crippen LogP contribution in [0.25, 0.3) is 11.3 Å². The van der Waals surface area contributed by atoms with Gasteiger partial charge in [0.05, 0.1) is 18.9 Å². The fourth-order valence-electron chi connectivity index (χ4n) is 4.45. The fraction of sp³-hybridized carbons (Fsp3) is 0.308. The van der Waals surface area contributed by atoms with Crippen LogP contribution in [0.2, 0.25) is 0 Å². The number of ether oxygens (including phenoxy) is 1. The molecule has 0 atom stereocenters. The van der Waals surface area contributed by atoms with Gasteiger partial charge in [0.15, 0.2) is 0 Å². The summed E-state index contributed by atoms with van der Waals surface area (Å²) in [7, 11) is 0. The van der Waals surface area contributed by atoms with Crippen LogP contribution in [0, 0.1) is 0 Å². The molecule has 3 aromatic rings. The zero-order valence-corrected chi connectivity index (χ0v) is 20.1. The Morgan fingerprint density at radius 3 is 2.33 bits per heavy atom. The van der Waals surface area contributed by atoms with E-state index in [1.54, 1.807) is 12.4 Å². The summed E-state index contributed by atoms with van der Waals surface area (Å²) < 4.78 is 5.54. The third-order valence-electron chi connectivity index (χ3n) is 6.41. The van der Waals surface area contributed by atoms with Gasteiger partial charge in [-0.25, -0.2) is 15.0 Å². The molecule has 0 saturated carbocycles. The third kappa shape index (κ3) is 5.38. The molecular weight excluding hydrogens is 456 g/mol. The molecule has 5 rings (SSSR count). The van der Waals surface area contributed by atoms with E-state index in [0.29, 0.717) is 13.2 Å². The molecule has 10 heteroatoms. The van der Waals surface area contributed by atoms with Gasteiger partial charge in [0.1, 0.15) is 5.82 Å². The van der Waals surface area contributed by atoms with Crippen molar-refractivity contribution in [2.24, 2.45) is 0 Å². The first-order valence-corrected chi connectivity index (χ1v) is 12.0. The number of benzene rings is 1. The molecule has 0 bridgehead atoms. The van der Waals surface area contributed by atoms with Gasteiger partial charge in [-0.05, 0) is 30.3 Å². The van der Waals surface area contributed by atoms with Gasteiger partial charge in [0.2, 0.25) is 11.9 Å². The van der Waals surface area contributed by atoms with Gasteiger partial charge < -0.3 is 30.5 Å². The summed E-state index contributed by atoms with van der Waals surface area (Å²) >= 11 is 0. The maximum Gasteiger partial charge on any atom is 0.247 e. The van der Waals surface area contributed by atoms with Gasteiger partial charge in [-0.1, -0.05) is 12.6 Å². The van der Waals surface area contributed by atoms with Crippen LogP contribution in [0.4, 0.5) is 28.8 Å². The van der Waals surface area contributed by atoms with Gasteiger partial charge in [-0.2, -0.15) is 0 Å². The van der Waals surface area contributed by atoms with Crippen molar-refractivity contribution in [3.05, 3.63) is 61.4 Å². The lowest BCUT2D eigenvalue weighted by Crippen LogP contribution is -2.46. The molecule has 2 aromatic heterocycles. The van der Waals surface area contributed by atoms with E-state index in [-0.39, 0.29) is 11.9 Å². The maximum absolute atomic E-state index is 11.7. The monoisotopic (exact) mass is 486 g/mol. The highest BCUT2D eigenvalue weighted by atomic mass is 16.5. The number of rotatable bonds is 6. The molecule has 186 valence electrons. The van der Waals surface area contributed by atoms with Gasteiger partial charge in [-0.15, -0.1) is 0 Å². The molecule has 1 aromatic carbocycles. The lowest BCUT2D eigenvalue weighted by atomic mass is 10.1. The molecule has 0 spiro atoms. The topological polar surface area (TPSA) is 113 Å². The van der Waals surface area contributed by atoms with Crippen LogP contribution in [0.1, 0.15) is 0 Å². The number of nitrogens with two attached hydrogens (primary N) is 1. The van der Waals surface area contributed by atoms with E-state index >= 15 is 0 Å². The van der Waals surface area contributed by atoms with Crippen LogP contribution in [-0.4, -0.2) is 73.3 Å². The highest BCUT2D eigenvalue weighted by molar-refractivity contribution is 5.99. The maximum atomic E-state index is 11.7. The molecule has 0 aliphatic carbocycles. The predicted octanol–water partition coefficient (Wildman–Crippen LogP) is 2.41. The molecule has 2 aliphatic heterocycles. The molecule has 2 fully saturated rings. The van der Waals surface area contributed by atoms with Crippen molar-refractivity contribution in [2.75, 3.05) is 78.2 Å². The molecule has 4 heterocycles. The van der Waals surface area contributed by atoms with Crippen molar-refractivity contribution in [3.8, 4) is 11.3 Å². The summed E-state index contributed by atoms with van der Waals surface area (Å²) in [5.74, 6) is 0.955. The van der Waals surface area contributed by atoms with E-state index in [1.807, 2.05) is 18.2 Å². The third-order valence-corrected chi connectivity index (χ3v) is 6.41. The van der Waals surface area contributed by atoms with Crippen molar-refractivity contribution >= 4 is 34.7 Å². The van der Waals surface area contributed by atoms with Gasteiger partial charge in [-0.3, -0.25) is 4.79 Å². The van der Waals surface area contributed by atoms with Crippen LogP contribution in [-0.2, 0) is 9.53 Å². The smallest absolute Gasteiger partial charge is 0.247 e. The van der Waals surface area contributed by atoms with Gasteiger partial charge in [0.25, 0.3) is 0 Å². The number of hydrogen-bond donors (Lipinski definition) is 2. The summed E-state index contributed by atoms with van der Waals surface area (Å²) in [6, 6.07) is 12.2. The number of carbonyl (C=O) groups excluding carboxylic acids is 1. The molecule has 36 heavy (non-hydrogen) atoms. The Kier molecular flexibility index (Phi) is 6.94. The summed E-state index contributed by atoms with van der Waals surface area (Å²) in [5, 5.41) is 2.84. The first kappa shape index (κ1) is 23.6. The average molecular weight is 487 g/mol. The number of amides is 1. The predicted molar refractivity (Wildman–Crippen MR) is 142 cm³/mol. The SMILES string of the molecule is C=CC(=O)Nc1cccc(N2CCN(c3cc(-c4cnc(N)nc4)nc(N4CCOCC4)c3)CC2)c1. The summed E-state index contributed by atoms with van der Waals surface area (Å²) in [6.07, 6.45) is 4.71. The number of morpholine rings is 1. The standard InChI is InChI=1S/C26H30N8O2/c1-2-25(35)30-20-4-3-5-21(14-20)32-6-8-33(9-7-32)22-15-23(19-17-28-26(27)29-18-19)31-24(16-22)34-10-12-36-13-11-34/h2-5,14-18H,1,6-13H2,(H,30,35)(H2,27,28,29). The van der Waals surface area contributed by atoms with Crippen molar-refractivity contribution < 1.29 is 9.53 Å². The zero-order chi connectivity index (χ0) is 24.9. The van der Waals surface area contributed by atoms with Crippen LogP contribution >= 0.6 is 0 Å². The first-order chi connectivity index (χ1) is 17.6. The minimum absolute atomic E-state index is 0.215. The lowest BCUT2D eigenvalue weighted by Gasteiger charge is -2.38. The Balaban J connectivity index is 1.35. The number of pyridine rings is 1. The summed E-state index contributed by atoms with van der Waals surface area (Å²) in [4.78, 5) is 31.9. The van der Waals surface area contributed by atoms with E-state index in [1.165, 1.54) is 6.08 Å². The van der Waals surface area contributed by atoms with Crippen LogP contribution in [0.5, 0.6) is 0 Å². The second-order valence-corrected chi connectivity index (χ2v) is 8.72. The number of nitrogen functional groups attached to an aromatic ring is 1. The Labute approximate surface area is 210 Å². The number of carbonyl (C=O) groups is 1. The number of anilines is 5. The molecule has 3 N–H and O–H groups in total. The largest absolute Gasteiger partial charge is 0.378 e. The fourth-order valence-corrected chi connectivity index (χ4v) is 4.45. The highest BCUT2D eigenvalue weighted by Gasteiger charge is 2.21. The highest BCUT2D eigenvalue weighted by Crippen LogP contribution is 2.30. The Bertz CT molecular complexity index is 1220. The number of nitrogens with zero attached hydrogens (tertiary/aromatic N) is 6. The van der Waals surface area contributed by atoms with Gasteiger partial charge >= 0.3 is 0 Å². The number of hydrogen-bond acceptors (Lipinski definition) is 9.